The highest BCUT2D eigenvalue weighted by Gasteiger charge is 2.23. The minimum atomic E-state index is -0.742. The SMILES string of the molecule is COC(=O)c1cnn(-c2ncccn2)c1/N=N/c1c(C)nn(-c2cc(-n3nc(C)c(/N=N/c4c(C(=O)CO)cnn4-c4ccccc4)c3N)ncn2)c1N. The molecule has 270 valence electrons. The summed E-state index contributed by atoms with van der Waals surface area (Å²) in [5, 5.41) is 44.2. The summed E-state index contributed by atoms with van der Waals surface area (Å²) in [5.41, 5.74) is 14.9. The van der Waals surface area contributed by atoms with Gasteiger partial charge in [-0.2, -0.15) is 34.4 Å². The second-order valence-corrected chi connectivity index (χ2v) is 11.1. The van der Waals surface area contributed by atoms with Crippen LogP contribution < -0.4 is 11.5 Å². The number of para-hydroxylation sites is 1. The standard InChI is InChI=1S/C32H28N18O4/c1-17-25(41-43-29-20(22(52)15-51)13-39-47(29)19-8-5-4-6-9-19)27(33)48(45-17)23-12-24(38-16-37-23)49-28(34)26(18(2)46-49)42-44-30-21(31(53)54-3)14-40-50(30)32-35-10-7-11-36-32/h4-14,16,51H,15,33-34H2,1-3H3/b43-41+,44-42+. The Morgan fingerprint density at radius 2 is 1.30 bits per heavy atom. The van der Waals surface area contributed by atoms with Crippen LogP contribution in [0.3, 0.4) is 0 Å². The van der Waals surface area contributed by atoms with E-state index in [2.05, 4.69) is 60.8 Å². The van der Waals surface area contributed by atoms with Gasteiger partial charge < -0.3 is 21.3 Å². The largest absolute Gasteiger partial charge is 0.465 e. The zero-order valence-corrected chi connectivity index (χ0v) is 28.6. The summed E-state index contributed by atoms with van der Waals surface area (Å²) < 4.78 is 10.2. The highest BCUT2D eigenvalue weighted by atomic mass is 16.5. The van der Waals surface area contributed by atoms with Crippen LogP contribution >= 0.6 is 0 Å². The Balaban J connectivity index is 1.21. The predicted molar refractivity (Wildman–Crippen MR) is 188 cm³/mol. The van der Waals surface area contributed by atoms with Gasteiger partial charge in [0.15, 0.2) is 52.1 Å². The number of nitrogen functional groups attached to an aromatic ring is 2. The van der Waals surface area contributed by atoms with E-state index in [9.17, 15) is 14.7 Å². The zero-order valence-electron chi connectivity index (χ0n) is 28.6. The molecule has 0 unspecified atom stereocenters. The molecule has 0 aliphatic heterocycles. The molecule has 0 atom stereocenters. The number of aliphatic hydroxyl groups is 1. The van der Waals surface area contributed by atoms with Crippen molar-refractivity contribution >= 4 is 46.4 Å². The maximum absolute atomic E-state index is 12.5. The molecule has 1 aromatic carbocycles. The van der Waals surface area contributed by atoms with Gasteiger partial charge in [0.25, 0.3) is 5.95 Å². The number of carbonyl (C=O) groups is 2. The Kier molecular flexibility index (Phi) is 9.21. The molecule has 0 radical (unpaired) electrons. The van der Waals surface area contributed by atoms with Gasteiger partial charge in [0.05, 0.1) is 42.1 Å². The van der Waals surface area contributed by atoms with E-state index in [-0.39, 0.29) is 63.4 Å². The van der Waals surface area contributed by atoms with Gasteiger partial charge >= 0.3 is 5.97 Å². The second-order valence-electron chi connectivity index (χ2n) is 11.1. The van der Waals surface area contributed by atoms with Gasteiger partial charge in [0.2, 0.25) is 0 Å². The second kappa shape index (κ2) is 14.4. The summed E-state index contributed by atoms with van der Waals surface area (Å²) in [5.74, 6) is -0.447. The number of aliphatic hydroxyl groups excluding tert-OH is 1. The molecule has 6 heterocycles. The van der Waals surface area contributed by atoms with Crippen molar-refractivity contribution in [3.05, 3.63) is 96.1 Å². The average Bonchev–Trinajstić information content (AvgIpc) is 3.96. The third-order valence-corrected chi connectivity index (χ3v) is 7.77. The number of azo groups is 2. The maximum Gasteiger partial charge on any atom is 0.343 e. The number of aromatic nitrogens is 12. The van der Waals surface area contributed by atoms with Gasteiger partial charge in [-0.3, -0.25) is 4.79 Å². The summed E-state index contributed by atoms with van der Waals surface area (Å²) in [6.45, 7) is 2.59. The summed E-state index contributed by atoms with van der Waals surface area (Å²) in [6.07, 6.45) is 6.87. The van der Waals surface area contributed by atoms with E-state index in [0.717, 1.165) is 0 Å². The number of ketones is 1. The number of anilines is 2. The number of nitrogens with two attached hydrogens (primary N) is 2. The van der Waals surface area contributed by atoms with Crippen molar-refractivity contribution in [1.82, 2.24) is 59.1 Å². The fourth-order valence-electron chi connectivity index (χ4n) is 5.15. The van der Waals surface area contributed by atoms with Crippen molar-refractivity contribution in [3.8, 4) is 23.3 Å². The van der Waals surface area contributed by atoms with Gasteiger partial charge in [-0.25, -0.2) is 29.4 Å². The van der Waals surface area contributed by atoms with Crippen molar-refractivity contribution in [2.45, 2.75) is 13.8 Å². The first-order valence-electron chi connectivity index (χ1n) is 15.8. The molecule has 0 aliphatic carbocycles. The fourth-order valence-corrected chi connectivity index (χ4v) is 5.15. The lowest BCUT2D eigenvalue weighted by Gasteiger charge is -2.07. The van der Waals surface area contributed by atoms with Crippen molar-refractivity contribution in [2.24, 2.45) is 20.5 Å². The molecule has 0 saturated heterocycles. The molecule has 7 aromatic rings. The van der Waals surface area contributed by atoms with E-state index in [0.29, 0.717) is 17.1 Å². The molecule has 0 bridgehead atoms. The number of ether oxygens (including phenoxy) is 1. The molecule has 22 heteroatoms. The Labute approximate surface area is 303 Å². The summed E-state index contributed by atoms with van der Waals surface area (Å²) >= 11 is 0. The first-order chi connectivity index (χ1) is 26.2. The molecule has 0 aliphatic rings. The number of nitrogens with zero attached hydrogens (tertiary/aromatic N) is 16. The number of rotatable bonds is 11. The van der Waals surface area contributed by atoms with Gasteiger partial charge in [-0.15, -0.1) is 20.5 Å². The number of carbonyl (C=O) groups excluding carboxylic acids is 2. The van der Waals surface area contributed by atoms with Crippen LogP contribution in [0.1, 0.15) is 32.1 Å². The number of methoxy groups -OCH3 is 1. The maximum atomic E-state index is 12.5. The van der Waals surface area contributed by atoms with E-state index < -0.39 is 18.4 Å². The molecule has 7 rings (SSSR count). The Hall–Kier alpha value is -7.88. The number of aryl methyl sites for hydroxylation is 2. The minimum Gasteiger partial charge on any atom is -0.465 e. The topological polar surface area (TPSA) is 288 Å². The first-order valence-corrected chi connectivity index (χ1v) is 15.8. The third-order valence-electron chi connectivity index (χ3n) is 7.77. The zero-order chi connectivity index (χ0) is 37.9. The summed E-state index contributed by atoms with van der Waals surface area (Å²) in [4.78, 5) is 42.0. The number of benzene rings is 1. The van der Waals surface area contributed by atoms with Crippen LogP contribution in [0.4, 0.5) is 34.6 Å². The lowest BCUT2D eigenvalue weighted by atomic mass is 10.2. The molecule has 22 nitrogen and oxygen atoms in total. The van der Waals surface area contributed by atoms with Crippen LogP contribution in [0, 0.1) is 13.8 Å². The molecule has 0 spiro atoms. The predicted octanol–water partition coefficient (Wildman–Crippen LogP) is 3.58. The first kappa shape index (κ1) is 34.6. The Morgan fingerprint density at radius 3 is 1.87 bits per heavy atom. The monoisotopic (exact) mass is 728 g/mol. The molecule has 0 saturated carbocycles. The van der Waals surface area contributed by atoms with Crippen LogP contribution in [0.25, 0.3) is 23.3 Å². The van der Waals surface area contributed by atoms with Gasteiger partial charge in [-0.05, 0) is 32.0 Å². The van der Waals surface area contributed by atoms with Gasteiger partial charge in [0, 0.05) is 18.5 Å². The normalized spacial score (nSPS) is 11.6. The Bertz CT molecular complexity index is 2400. The molecular weight excluding hydrogens is 700 g/mol. The fraction of sp³-hybridized carbons (Fsp3) is 0.125. The lowest BCUT2D eigenvalue weighted by Crippen LogP contribution is -2.09. The minimum absolute atomic E-state index is 0.00199. The highest BCUT2D eigenvalue weighted by Crippen LogP contribution is 2.34. The molecule has 6 aromatic heterocycles. The highest BCUT2D eigenvalue weighted by molar-refractivity contribution is 6.00. The smallest absolute Gasteiger partial charge is 0.343 e. The van der Waals surface area contributed by atoms with Crippen molar-refractivity contribution in [3.63, 3.8) is 0 Å². The van der Waals surface area contributed by atoms with Crippen LogP contribution in [0.2, 0.25) is 0 Å². The van der Waals surface area contributed by atoms with Crippen LogP contribution in [-0.4, -0.2) is 89.6 Å². The van der Waals surface area contributed by atoms with E-state index in [1.807, 2.05) is 6.07 Å². The molecular formula is C32H28N18O4. The summed E-state index contributed by atoms with van der Waals surface area (Å²) in [6, 6.07) is 12.2. The molecule has 5 N–H and O–H groups in total. The van der Waals surface area contributed by atoms with Crippen molar-refractivity contribution < 1.29 is 19.4 Å². The van der Waals surface area contributed by atoms with Crippen LogP contribution in [-0.2, 0) is 4.74 Å². The summed E-state index contributed by atoms with van der Waals surface area (Å²) in [7, 11) is 1.23. The van der Waals surface area contributed by atoms with Crippen molar-refractivity contribution in [2.75, 3.05) is 25.2 Å². The van der Waals surface area contributed by atoms with E-state index in [4.69, 9.17) is 16.2 Å². The number of hydrogen-bond acceptors (Lipinski definition) is 18. The van der Waals surface area contributed by atoms with Gasteiger partial charge in [0.1, 0.15) is 18.5 Å². The molecule has 0 amide bonds. The third kappa shape index (κ3) is 6.30. The van der Waals surface area contributed by atoms with Crippen molar-refractivity contribution in [1.29, 1.82) is 0 Å². The van der Waals surface area contributed by atoms with Crippen LogP contribution in [0.5, 0.6) is 0 Å². The average molecular weight is 729 g/mol. The quantitative estimate of drug-likeness (QED) is 0.0975. The lowest BCUT2D eigenvalue weighted by molar-refractivity contribution is 0.0601. The number of esters is 1. The van der Waals surface area contributed by atoms with E-state index >= 15 is 0 Å². The molecule has 0 fully saturated rings. The van der Waals surface area contributed by atoms with Crippen LogP contribution in [0.15, 0.2) is 94.0 Å². The number of hydrogen-bond donors (Lipinski definition) is 3. The Morgan fingerprint density at radius 1 is 0.741 bits per heavy atom. The van der Waals surface area contributed by atoms with E-state index in [1.165, 1.54) is 63.0 Å². The van der Waals surface area contributed by atoms with E-state index in [1.54, 1.807) is 44.2 Å². The molecule has 54 heavy (non-hydrogen) atoms. The number of Topliss-reactive ketones (excluding diaryl/α,β-unsaturated/α-hetero) is 1. The van der Waals surface area contributed by atoms with Gasteiger partial charge in [-0.1, -0.05) is 18.2 Å².